The van der Waals surface area contributed by atoms with Gasteiger partial charge in [0.2, 0.25) is 5.91 Å². The highest BCUT2D eigenvalue weighted by atomic mass is 32.2. The lowest BCUT2D eigenvalue weighted by Crippen LogP contribution is -2.70. The Bertz CT molecular complexity index is 814. The Morgan fingerprint density at radius 3 is 2.50 bits per heavy atom. The highest BCUT2D eigenvalue weighted by molar-refractivity contribution is 8.00. The number of carbonyl (C=O) groups excluding carboxylic acids is 3. The number of rotatable bonds is 11. The molecule has 0 spiro atoms. The van der Waals surface area contributed by atoms with Crippen molar-refractivity contribution in [1.82, 2.24) is 15.5 Å². The molecule has 0 bridgehead atoms. The van der Waals surface area contributed by atoms with Crippen LogP contribution in [0.5, 0.6) is 0 Å². The first kappa shape index (κ1) is 25.5. The van der Waals surface area contributed by atoms with Crippen LogP contribution in [0.25, 0.3) is 0 Å². The van der Waals surface area contributed by atoms with E-state index in [1.54, 1.807) is 0 Å². The van der Waals surface area contributed by atoms with Gasteiger partial charge in [-0.3, -0.25) is 14.5 Å². The number of aliphatic hydroxyl groups excluding tert-OH is 1. The van der Waals surface area contributed by atoms with E-state index in [-0.39, 0.29) is 48.8 Å². The predicted molar refractivity (Wildman–Crippen MR) is 111 cm³/mol. The number of carboxylic acids is 2. The quantitative estimate of drug-likeness (QED) is 0.250. The summed E-state index contributed by atoms with van der Waals surface area (Å²) in [5.41, 5.74) is -0.0255. The summed E-state index contributed by atoms with van der Waals surface area (Å²) in [7, 11) is 0. The molecule has 0 saturated carbocycles. The van der Waals surface area contributed by atoms with E-state index in [1.807, 2.05) is 13.8 Å². The van der Waals surface area contributed by atoms with Gasteiger partial charge in [0.1, 0.15) is 23.2 Å². The lowest BCUT2D eigenvalue weighted by molar-refractivity contribution is -0.150. The number of aliphatic carboxylic acids is 2. The largest absolute Gasteiger partial charge is 0.480 e. The number of alkyl carbamates (subject to hydrolysis) is 1. The van der Waals surface area contributed by atoms with Gasteiger partial charge in [0.25, 0.3) is 5.91 Å². The van der Waals surface area contributed by atoms with Gasteiger partial charge < -0.3 is 30.7 Å². The van der Waals surface area contributed by atoms with Gasteiger partial charge in [-0.05, 0) is 24.3 Å². The summed E-state index contributed by atoms with van der Waals surface area (Å²) in [5.74, 6) is -3.35. The number of β-lactam (4-membered cyclic amide) rings is 1. The molecule has 0 unspecified atom stereocenters. The zero-order valence-corrected chi connectivity index (χ0v) is 18.5. The molecule has 0 aromatic heterocycles. The van der Waals surface area contributed by atoms with Gasteiger partial charge in [-0.25, -0.2) is 14.4 Å². The molecule has 3 amide bonds. The summed E-state index contributed by atoms with van der Waals surface area (Å²) in [5, 5.41) is 32.1. The van der Waals surface area contributed by atoms with Crippen LogP contribution < -0.4 is 10.6 Å². The van der Waals surface area contributed by atoms with E-state index in [1.165, 1.54) is 11.8 Å². The SMILES string of the molecule is CC(C)COC(=O)N[C@H](CCCC(=O)N[C@@H]1C(=O)N2C(C(=O)O)=C(CO)CS[C@H]12)C(=O)O. The molecule has 3 atom stereocenters. The molecule has 2 rings (SSSR count). The van der Waals surface area contributed by atoms with Crippen molar-refractivity contribution in [2.45, 2.75) is 50.6 Å². The lowest BCUT2D eigenvalue weighted by Gasteiger charge is -2.49. The molecule has 13 heteroatoms. The summed E-state index contributed by atoms with van der Waals surface area (Å²) >= 11 is 1.24. The lowest BCUT2D eigenvalue weighted by atomic mass is 10.0. The van der Waals surface area contributed by atoms with Crippen LogP contribution >= 0.6 is 11.8 Å². The van der Waals surface area contributed by atoms with E-state index in [9.17, 15) is 39.3 Å². The first-order chi connectivity index (χ1) is 15.1. The maximum atomic E-state index is 12.4. The molecule has 5 N–H and O–H groups in total. The zero-order chi connectivity index (χ0) is 24.0. The monoisotopic (exact) mass is 473 g/mol. The normalized spacial score (nSPS) is 20.9. The second-order valence-electron chi connectivity index (χ2n) is 7.79. The Morgan fingerprint density at radius 2 is 1.94 bits per heavy atom. The number of carboxylic acid groups (broad SMARTS) is 2. The van der Waals surface area contributed by atoms with Crippen molar-refractivity contribution in [2.24, 2.45) is 5.92 Å². The van der Waals surface area contributed by atoms with Crippen molar-refractivity contribution in [3.05, 3.63) is 11.3 Å². The molecule has 1 saturated heterocycles. The average molecular weight is 474 g/mol. The van der Waals surface area contributed by atoms with Gasteiger partial charge in [0, 0.05) is 12.2 Å². The van der Waals surface area contributed by atoms with Gasteiger partial charge in [0.15, 0.2) is 0 Å². The molecular weight excluding hydrogens is 446 g/mol. The first-order valence-electron chi connectivity index (χ1n) is 10.0. The van der Waals surface area contributed by atoms with E-state index in [4.69, 9.17) is 4.74 Å². The van der Waals surface area contributed by atoms with Gasteiger partial charge in [-0.1, -0.05) is 13.8 Å². The van der Waals surface area contributed by atoms with Crippen molar-refractivity contribution in [2.75, 3.05) is 19.0 Å². The van der Waals surface area contributed by atoms with Crippen molar-refractivity contribution >= 4 is 41.6 Å². The Balaban J connectivity index is 1.83. The number of carbonyl (C=O) groups is 5. The third kappa shape index (κ3) is 6.13. The molecule has 2 heterocycles. The minimum Gasteiger partial charge on any atom is -0.480 e. The first-order valence-corrected chi connectivity index (χ1v) is 11.1. The molecule has 0 aromatic carbocycles. The van der Waals surface area contributed by atoms with Gasteiger partial charge in [-0.2, -0.15) is 0 Å². The molecule has 0 aromatic rings. The van der Waals surface area contributed by atoms with Crippen LogP contribution in [-0.2, 0) is 23.9 Å². The number of fused-ring (bicyclic) bond motifs is 1. The minimum atomic E-state index is -1.32. The second-order valence-corrected chi connectivity index (χ2v) is 8.90. The second kappa shape index (κ2) is 11.2. The summed E-state index contributed by atoms with van der Waals surface area (Å²) in [4.78, 5) is 60.1. The third-order valence-corrected chi connectivity index (χ3v) is 6.13. The number of amides is 3. The predicted octanol–water partition coefficient (Wildman–Crippen LogP) is -0.277. The van der Waals surface area contributed by atoms with Crippen LogP contribution in [0.2, 0.25) is 0 Å². The van der Waals surface area contributed by atoms with Gasteiger partial charge in [-0.15, -0.1) is 11.8 Å². The number of hydrogen-bond donors (Lipinski definition) is 5. The third-order valence-electron chi connectivity index (χ3n) is 4.79. The number of hydrogen-bond acceptors (Lipinski definition) is 8. The fourth-order valence-corrected chi connectivity index (χ4v) is 4.54. The molecule has 178 valence electrons. The molecule has 2 aliphatic heterocycles. The molecule has 32 heavy (non-hydrogen) atoms. The molecule has 0 radical (unpaired) electrons. The van der Waals surface area contributed by atoms with E-state index in [0.29, 0.717) is 0 Å². The number of aliphatic hydroxyl groups is 1. The molecular formula is C19H27N3O9S. The van der Waals surface area contributed by atoms with Crippen LogP contribution in [0.4, 0.5) is 4.79 Å². The highest BCUT2D eigenvalue weighted by Gasteiger charge is 2.54. The van der Waals surface area contributed by atoms with Gasteiger partial charge >= 0.3 is 18.0 Å². The molecule has 0 aliphatic carbocycles. The summed E-state index contributed by atoms with van der Waals surface area (Å²) < 4.78 is 4.89. The fourth-order valence-electron chi connectivity index (χ4n) is 3.20. The molecule has 2 aliphatic rings. The number of nitrogens with zero attached hydrogens (tertiary/aromatic N) is 1. The highest BCUT2D eigenvalue weighted by Crippen LogP contribution is 2.40. The van der Waals surface area contributed by atoms with E-state index in [2.05, 4.69) is 10.6 Å². The smallest absolute Gasteiger partial charge is 0.407 e. The van der Waals surface area contributed by atoms with Crippen LogP contribution in [0.1, 0.15) is 33.1 Å². The summed E-state index contributed by atoms with van der Waals surface area (Å²) in [6, 6.07) is -2.13. The number of ether oxygens (including phenoxy) is 1. The molecule has 12 nitrogen and oxygen atoms in total. The van der Waals surface area contributed by atoms with E-state index in [0.717, 1.165) is 4.90 Å². The van der Waals surface area contributed by atoms with Crippen LogP contribution in [0, 0.1) is 5.92 Å². The van der Waals surface area contributed by atoms with E-state index >= 15 is 0 Å². The van der Waals surface area contributed by atoms with Crippen LogP contribution in [-0.4, -0.2) is 86.5 Å². The van der Waals surface area contributed by atoms with Crippen molar-refractivity contribution < 1.29 is 44.0 Å². The standard InChI is InChI=1S/C19H27N3O9S/c1-9(2)7-31-19(30)20-11(17(26)27)4-3-5-12(24)21-13-15(25)22-14(18(28)29)10(6-23)8-32-16(13)22/h9,11,13,16,23H,3-8H2,1-2H3,(H,20,30)(H,21,24)(H,26,27)(H,28,29)/t11-,13-,16-/m1/s1. The minimum absolute atomic E-state index is 0.0196. The number of nitrogens with one attached hydrogen (secondary N) is 2. The zero-order valence-electron chi connectivity index (χ0n) is 17.7. The van der Waals surface area contributed by atoms with E-state index < -0.39 is 53.9 Å². The Labute approximate surface area is 188 Å². The van der Waals surface area contributed by atoms with Crippen LogP contribution in [0.15, 0.2) is 11.3 Å². The summed E-state index contributed by atoms with van der Waals surface area (Å²) in [6.07, 6.45) is -0.828. The van der Waals surface area contributed by atoms with Crippen molar-refractivity contribution in [3.63, 3.8) is 0 Å². The summed E-state index contributed by atoms with van der Waals surface area (Å²) in [6.45, 7) is 3.34. The fraction of sp³-hybridized carbons (Fsp3) is 0.632. The Morgan fingerprint density at radius 1 is 1.25 bits per heavy atom. The van der Waals surface area contributed by atoms with Gasteiger partial charge in [0.05, 0.1) is 13.2 Å². The Hall–Kier alpha value is -2.80. The maximum Gasteiger partial charge on any atom is 0.407 e. The topological polar surface area (TPSA) is 183 Å². The van der Waals surface area contributed by atoms with Crippen molar-refractivity contribution in [3.8, 4) is 0 Å². The number of thioether (sulfide) groups is 1. The average Bonchev–Trinajstić information content (AvgIpc) is 2.73. The molecule has 1 fully saturated rings. The Kier molecular flexibility index (Phi) is 8.89. The van der Waals surface area contributed by atoms with Crippen molar-refractivity contribution in [1.29, 1.82) is 0 Å². The van der Waals surface area contributed by atoms with Crippen LogP contribution in [0.3, 0.4) is 0 Å². The maximum absolute atomic E-state index is 12.4.